The Kier molecular flexibility index (Phi) is 5.16. The first-order valence-corrected chi connectivity index (χ1v) is 7.33. The number of likely N-dealkylation sites (tertiary alicyclic amines) is 1. The fourth-order valence-corrected chi connectivity index (χ4v) is 3.03. The molecule has 0 aromatic heterocycles. The van der Waals surface area contributed by atoms with Crippen molar-refractivity contribution >= 4 is 0 Å². The van der Waals surface area contributed by atoms with Gasteiger partial charge in [-0.15, -0.1) is 0 Å². The van der Waals surface area contributed by atoms with Gasteiger partial charge in [0, 0.05) is 25.7 Å². The van der Waals surface area contributed by atoms with Crippen LogP contribution in [-0.2, 0) is 0 Å². The Balaban J connectivity index is 1.95. The summed E-state index contributed by atoms with van der Waals surface area (Å²) < 4.78 is 0. The number of hydrogen-bond acceptors (Lipinski definition) is 4. The standard InChI is InChI=1S/C16H26N2O2/c1-11-6-12(2)8-13(7-11)14(17-3)4-5-18-9-15(19)16(20)10-18/h6-8,14-17,19-20H,4-5,9-10H2,1-3H3. The average molecular weight is 278 g/mol. The number of aliphatic hydroxyl groups is 2. The summed E-state index contributed by atoms with van der Waals surface area (Å²) in [4.78, 5) is 2.13. The molecule has 1 aromatic carbocycles. The van der Waals surface area contributed by atoms with Crippen LogP contribution in [0.1, 0.15) is 29.2 Å². The molecular formula is C16H26N2O2. The van der Waals surface area contributed by atoms with E-state index in [1.807, 2.05) is 7.05 Å². The Morgan fingerprint density at radius 3 is 2.20 bits per heavy atom. The third-order valence-electron chi connectivity index (χ3n) is 4.06. The molecule has 0 amide bonds. The van der Waals surface area contributed by atoms with E-state index in [0.717, 1.165) is 13.0 Å². The molecule has 112 valence electrons. The third-order valence-corrected chi connectivity index (χ3v) is 4.06. The summed E-state index contributed by atoms with van der Waals surface area (Å²) in [5.74, 6) is 0. The zero-order valence-corrected chi connectivity index (χ0v) is 12.6. The van der Waals surface area contributed by atoms with Crippen molar-refractivity contribution in [3.05, 3.63) is 34.9 Å². The van der Waals surface area contributed by atoms with Crippen molar-refractivity contribution in [3.63, 3.8) is 0 Å². The normalized spacial score (nSPS) is 25.1. The zero-order chi connectivity index (χ0) is 14.7. The van der Waals surface area contributed by atoms with Crippen molar-refractivity contribution in [1.82, 2.24) is 10.2 Å². The number of benzene rings is 1. The van der Waals surface area contributed by atoms with Crippen molar-refractivity contribution in [1.29, 1.82) is 0 Å². The Hall–Kier alpha value is -0.940. The topological polar surface area (TPSA) is 55.7 Å². The fraction of sp³-hybridized carbons (Fsp3) is 0.625. The molecule has 0 saturated carbocycles. The molecule has 1 aliphatic rings. The second kappa shape index (κ2) is 6.68. The summed E-state index contributed by atoms with van der Waals surface area (Å²) in [6, 6.07) is 6.94. The van der Waals surface area contributed by atoms with Gasteiger partial charge in [0.25, 0.3) is 0 Å². The predicted octanol–water partition coefficient (Wildman–Crippen LogP) is 0.991. The van der Waals surface area contributed by atoms with Crippen LogP contribution in [-0.4, -0.2) is 54.0 Å². The molecule has 3 atom stereocenters. The molecule has 1 heterocycles. The van der Waals surface area contributed by atoms with Gasteiger partial charge in [0.1, 0.15) is 0 Å². The molecule has 0 spiro atoms. The Labute approximate surface area is 121 Å². The maximum Gasteiger partial charge on any atom is 0.0938 e. The molecule has 20 heavy (non-hydrogen) atoms. The number of nitrogens with one attached hydrogen (secondary N) is 1. The van der Waals surface area contributed by atoms with Crippen LogP contribution in [0.15, 0.2) is 18.2 Å². The van der Waals surface area contributed by atoms with E-state index in [1.165, 1.54) is 16.7 Å². The predicted molar refractivity (Wildman–Crippen MR) is 80.8 cm³/mol. The van der Waals surface area contributed by atoms with Crippen LogP contribution in [0.2, 0.25) is 0 Å². The molecule has 0 bridgehead atoms. The summed E-state index contributed by atoms with van der Waals surface area (Å²) in [6.45, 7) is 6.27. The Bertz CT molecular complexity index is 420. The highest BCUT2D eigenvalue weighted by molar-refractivity contribution is 5.30. The molecule has 3 unspecified atom stereocenters. The van der Waals surface area contributed by atoms with Crippen LogP contribution >= 0.6 is 0 Å². The van der Waals surface area contributed by atoms with Gasteiger partial charge in [-0.2, -0.15) is 0 Å². The van der Waals surface area contributed by atoms with Gasteiger partial charge in [0.2, 0.25) is 0 Å². The summed E-state index contributed by atoms with van der Waals surface area (Å²) in [5, 5.41) is 22.5. The summed E-state index contributed by atoms with van der Waals surface area (Å²) in [6.07, 6.45) is -0.216. The number of β-amino-alcohol motifs (C(OH)–C–C–N with tert-alkyl or cyclic N) is 2. The first kappa shape index (κ1) is 15.4. The van der Waals surface area contributed by atoms with Gasteiger partial charge in [-0.3, -0.25) is 4.90 Å². The lowest BCUT2D eigenvalue weighted by Crippen LogP contribution is -2.27. The minimum Gasteiger partial charge on any atom is -0.389 e. The molecule has 4 heteroatoms. The molecule has 2 rings (SSSR count). The molecule has 0 radical (unpaired) electrons. The van der Waals surface area contributed by atoms with Crippen LogP contribution in [0, 0.1) is 13.8 Å². The van der Waals surface area contributed by atoms with Gasteiger partial charge >= 0.3 is 0 Å². The molecule has 4 nitrogen and oxygen atoms in total. The summed E-state index contributed by atoms with van der Waals surface area (Å²) in [7, 11) is 1.98. The molecule has 3 N–H and O–H groups in total. The van der Waals surface area contributed by atoms with Crippen LogP contribution in [0.25, 0.3) is 0 Å². The van der Waals surface area contributed by atoms with Gasteiger partial charge in [0.15, 0.2) is 0 Å². The van der Waals surface area contributed by atoms with E-state index in [4.69, 9.17) is 0 Å². The monoisotopic (exact) mass is 278 g/mol. The second-order valence-corrected chi connectivity index (χ2v) is 5.95. The smallest absolute Gasteiger partial charge is 0.0938 e. The van der Waals surface area contributed by atoms with Crippen LogP contribution in [0.3, 0.4) is 0 Å². The summed E-state index contributed by atoms with van der Waals surface area (Å²) in [5.41, 5.74) is 3.88. The minimum atomic E-state index is -0.593. The molecule has 1 aliphatic heterocycles. The minimum absolute atomic E-state index is 0.309. The molecule has 0 aliphatic carbocycles. The molecule has 1 saturated heterocycles. The van der Waals surface area contributed by atoms with E-state index in [-0.39, 0.29) is 0 Å². The van der Waals surface area contributed by atoms with Gasteiger partial charge < -0.3 is 15.5 Å². The van der Waals surface area contributed by atoms with E-state index in [1.54, 1.807) is 0 Å². The fourth-order valence-electron chi connectivity index (χ4n) is 3.03. The van der Waals surface area contributed by atoms with Gasteiger partial charge in [-0.1, -0.05) is 29.3 Å². The second-order valence-electron chi connectivity index (χ2n) is 5.95. The lowest BCUT2D eigenvalue weighted by atomic mass is 9.99. The Morgan fingerprint density at radius 1 is 1.15 bits per heavy atom. The zero-order valence-electron chi connectivity index (χ0n) is 12.6. The van der Waals surface area contributed by atoms with Gasteiger partial charge in [0.05, 0.1) is 12.2 Å². The lowest BCUT2D eigenvalue weighted by molar-refractivity contribution is 0.0572. The van der Waals surface area contributed by atoms with E-state index < -0.39 is 12.2 Å². The van der Waals surface area contributed by atoms with Crippen molar-refractivity contribution in [2.45, 2.75) is 38.5 Å². The first-order valence-electron chi connectivity index (χ1n) is 7.33. The number of aryl methyl sites for hydroxylation is 2. The van der Waals surface area contributed by atoms with Crippen LogP contribution < -0.4 is 5.32 Å². The average Bonchev–Trinajstić information content (AvgIpc) is 2.68. The van der Waals surface area contributed by atoms with Gasteiger partial charge in [-0.05, 0) is 32.9 Å². The van der Waals surface area contributed by atoms with Crippen LogP contribution in [0.5, 0.6) is 0 Å². The van der Waals surface area contributed by atoms with Gasteiger partial charge in [-0.25, -0.2) is 0 Å². The largest absolute Gasteiger partial charge is 0.389 e. The highest BCUT2D eigenvalue weighted by Crippen LogP contribution is 2.21. The maximum absolute atomic E-state index is 9.57. The van der Waals surface area contributed by atoms with E-state index in [2.05, 4.69) is 42.3 Å². The number of aliphatic hydroxyl groups excluding tert-OH is 2. The number of hydrogen-bond donors (Lipinski definition) is 3. The number of rotatable bonds is 5. The van der Waals surface area contributed by atoms with Crippen molar-refractivity contribution < 1.29 is 10.2 Å². The van der Waals surface area contributed by atoms with E-state index in [9.17, 15) is 10.2 Å². The SMILES string of the molecule is CNC(CCN1CC(O)C(O)C1)c1cc(C)cc(C)c1. The molecular weight excluding hydrogens is 252 g/mol. The summed E-state index contributed by atoms with van der Waals surface area (Å²) >= 11 is 0. The quantitative estimate of drug-likeness (QED) is 0.752. The van der Waals surface area contributed by atoms with Crippen LogP contribution in [0.4, 0.5) is 0 Å². The highest BCUT2D eigenvalue weighted by Gasteiger charge is 2.29. The first-order chi connectivity index (χ1) is 9.49. The molecule has 1 fully saturated rings. The van der Waals surface area contributed by atoms with Crippen molar-refractivity contribution in [2.24, 2.45) is 0 Å². The van der Waals surface area contributed by atoms with Crippen molar-refractivity contribution in [3.8, 4) is 0 Å². The maximum atomic E-state index is 9.57. The third kappa shape index (κ3) is 3.79. The Morgan fingerprint density at radius 2 is 1.70 bits per heavy atom. The molecule has 1 aromatic rings. The highest BCUT2D eigenvalue weighted by atomic mass is 16.3. The van der Waals surface area contributed by atoms with E-state index >= 15 is 0 Å². The number of nitrogens with zero attached hydrogens (tertiary/aromatic N) is 1. The van der Waals surface area contributed by atoms with Crippen molar-refractivity contribution in [2.75, 3.05) is 26.7 Å². The van der Waals surface area contributed by atoms with E-state index in [0.29, 0.717) is 19.1 Å². The lowest BCUT2D eigenvalue weighted by Gasteiger charge is -2.22.